The average molecular weight is 398 g/mol. The third-order valence-electron chi connectivity index (χ3n) is 2.47. The van der Waals surface area contributed by atoms with Crippen LogP contribution in [0.15, 0.2) is 34.8 Å². The zero-order chi connectivity index (χ0) is 16.5. The first kappa shape index (κ1) is 16.5. The Labute approximate surface area is 135 Å². The highest BCUT2D eigenvalue weighted by Gasteiger charge is 2.38. The lowest BCUT2D eigenvalue weighted by Gasteiger charge is -2.10. The molecule has 116 valence electrons. The van der Waals surface area contributed by atoms with E-state index < -0.39 is 22.4 Å². The number of hydrogen-bond acceptors (Lipinski definition) is 4. The minimum absolute atomic E-state index is 0.0263. The molecule has 0 fully saturated rings. The monoisotopic (exact) mass is 396 g/mol. The van der Waals surface area contributed by atoms with Gasteiger partial charge in [0, 0.05) is 0 Å². The van der Waals surface area contributed by atoms with Gasteiger partial charge in [0.05, 0.1) is 15.5 Å². The van der Waals surface area contributed by atoms with E-state index in [0.717, 1.165) is 6.07 Å². The van der Waals surface area contributed by atoms with E-state index in [1.807, 2.05) is 0 Å². The molecule has 0 atom stereocenters. The summed E-state index contributed by atoms with van der Waals surface area (Å²) in [6, 6.07) is 5.20. The topological polar surface area (TPSA) is 65.3 Å². The lowest BCUT2D eigenvalue weighted by atomic mass is 10.1. The molecule has 22 heavy (non-hydrogen) atoms. The van der Waals surface area contributed by atoms with E-state index in [9.17, 15) is 23.3 Å². The van der Waals surface area contributed by atoms with Crippen molar-refractivity contribution in [2.75, 3.05) is 0 Å². The van der Waals surface area contributed by atoms with E-state index in [2.05, 4.69) is 20.9 Å². The highest BCUT2D eigenvalue weighted by molar-refractivity contribution is 9.10. The molecule has 0 aliphatic rings. The lowest BCUT2D eigenvalue weighted by molar-refractivity contribution is -0.388. The summed E-state index contributed by atoms with van der Waals surface area (Å²) in [6.45, 7) is 0. The molecule has 0 unspecified atom stereocenters. The first-order chi connectivity index (χ1) is 10.2. The fourth-order valence-corrected chi connectivity index (χ4v) is 1.99. The lowest BCUT2D eigenvalue weighted by Crippen LogP contribution is -2.08. The van der Waals surface area contributed by atoms with Crippen LogP contribution in [0.2, 0.25) is 5.15 Å². The molecule has 1 aromatic heterocycles. The van der Waals surface area contributed by atoms with Crippen LogP contribution in [0.4, 0.5) is 18.9 Å². The highest BCUT2D eigenvalue weighted by atomic mass is 79.9. The second kappa shape index (κ2) is 6.09. The molecule has 1 aromatic carbocycles. The second-order valence-corrected chi connectivity index (χ2v) is 5.20. The molecule has 2 rings (SSSR count). The maximum Gasteiger partial charge on any atom is 0.423 e. The number of halogens is 5. The summed E-state index contributed by atoms with van der Waals surface area (Å²) in [5, 5.41) is 10.9. The number of alkyl halides is 3. The van der Waals surface area contributed by atoms with E-state index in [4.69, 9.17) is 16.3 Å². The van der Waals surface area contributed by atoms with Gasteiger partial charge in [0.15, 0.2) is 0 Å². The van der Waals surface area contributed by atoms with E-state index >= 15 is 0 Å². The van der Waals surface area contributed by atoms with Crippen molar-refractivity contribution >= 4 is 33.2 Å². The van der Waals surface area contributed by atoms with Crippen LogP contribution >= 0.6 is 27.5 Å². The Morgan fingerprint density at radius 2 is 1.95 bits per heavy atom. The van der Waals surface area contributed by atoms with Crippen LogP contribution < -0.4 is 4.74 Å². The number of rotatable bonds is 3. The zero-order valence-electron chi connectivity index (χ0n) is 10.4. The van der Waals surface area contributed by atoms with Crippen molar-refractivity contribution in [3.63, 3.8) is 0 Å². The number of aromatic nitrogens is 1. The Kier molecular flexibility index (Phi) is 4.57. The molecule has 0 N–H and O–H groups in total. The second-order valence-electron chi connectivity index (χ2n) is 3.96. The van der Waals surface area contributed by atoms with Gasteiger partial charge in [0.2, 0.25) is 5.88 Å². The molecule has 0 bridgehead atoms. The predicted octanol–water partition coefficient (Wildman–Crippen LogP) is 5.22. The van der Waals surface area contributed by atoms with Gasteiger partial charge in [-0.15, -0.1) is 0 Å². The Morgan fingerprint density at radius 3 is 2.55 bits per heavy atom. The standard InChI is InChI=1S/C12H5BrClF3N2O3/c13-8-3-4-10(14)18-11(8)22-6-1-2-7(12(15,16)17)9(5-6)19(20)21/h1-5H. The van der Waals surface area contributed by atoms with E-state index in [1.165, 1.54) is 12.1 Å². The van der Waals surface area contributed by atoms with Crippen LogP contribution in [0.1, 0.15) is 5.56 Å². The molecule has 0 spiro atoms. The summed E-state index contributed by atoms with van der Waals surface area (Å²) < 4.78 is 43.7. The van der Waals surface area contributed by atoms with Gasteiger partial charge in [0.1, 0.15) is 16.5 Å². The highest BCUT2D eigenvalue weighted by Crippen LogP contribution is 2.39. The van der Waals surface area contributed by atoms with Crippen LogP contribution in [0.3, 0.4) is 0 Å². The van der Waals surface area contributed by atoms with Crippen molar-refractivity contribution < 1.29 is 22.8 Å². The molecule has 0 radical (unpaired) electrons. The van der Waals surface area contributed by atoms with Gasteiger partial charge in [-0.05, 0) is 40.2 Å². The van der Waals surface area contributed by atoms with Crippen LogP contribution in [-0.4, -0.2) is 9.91 Å². The summed E-state index contributed by atoms with van der Waals surface area (Å²) in [4.78, 5) is 13.5. The van der Waals surface area contributed by atoms with E-state index in [0.29, 0.717) is 16.6 Å². The third kappa shape index (κ3) is 3.66. The maximum absolute atomic E-state index is 12.7. The summed E-state index contributed by atoms with van der Waals surface area (Å²) in [5.41, 5.74) is -2.47. The van der Waals surface area contributed by atoms with E-state index in [1.54, 1.807) is 0 Å². The number of nitro benzene ring substituents is 1. The van der Waals surface area contributed by atoms with Crippen molar-refractivity contribution in [1.29, 1.82) is 0 Å². The van der Waals surface area contributed by atoms with Crippen molar-refractivity contribution in [3.8, 4) is 11.6 Å². The Balaban J connectivity index is 2.43. The van der Waals surface area contributed by atoms with Crippen LogP contribution in [0.5, 0.6) is 11.6 Å². The zero-order valence-corrected chi connectivity index (χ0v) is 12.7. The summed E-state index contributed by atoms with van der Waals surface area (Å²) in [6.07, 6.45) is -4.84. The van der Waals surface area contributed by atoms with Crippen molar-refractivity contribution in [2.24, 2.45) is 0 Å². The number of pyridine rings is 1. The fraction of sp³-hybridized carbons (Fsp3) is 0.0833. The number of nitro groups is 1. The largest absolute Gasteiger partial charge is 0.438 e. The number of hydrogen-bond donors (Lipinski definition) is 0. The van der Waals surface area contributed by atoms with Gasteiger partial charge >= 0.3 is 6.18 Å². The Bertz CT molecular complexity index is 740. The molecule has 1 heterocycles. The van der Waals surface area contributed by atoms with Crippen molar-refractivity contribution in [1.82, 2.24) is 4.98 Å². The van der Waals surface area contributed by atoms with Gasteiger partial charge in [-0.3, -0.25) is 10.1 Å². The van der Waals surface area contributed by atoms with Gasteiger partial charge in [-0.1, -0.05) is 11.6 Å². The first-order valence-corrected chi connectivity index (χ1v) is 6.71. The first-order valence-electron chi connectivity index (χ1n) is 5.54. The van der Waals surface area contributed by atoms with Gasteiger partial charge in [-0.2, -0.15) is 13.2 Å². The average Bonchev–Trinajstić information content (AvgIpc) is 2.41. The predicted molar refractivity (Wildman–Crippen MR) is 75.1 cm³/mol. The van der Waals surface area contributed by atoms with Crippen LogP contribution in [0.25, 0.3) is 0 Å². The Hall–Kier alpha value is -1.87. The van der Waals surface area contributed by atoms with E-state index in [-0.39, 0.29) is 16.8 Å². The molecule has 5 nitrogen and oxygen atoms in total. The molecule has 0 saturated heterocycles. The minimum atomic E-state index is -4.84. The maximum atomic E-state index is 12.7. The molecule has 0 aliphatic heterocycles. The number of benzene rings is 1. The normalized spacial score (nSPS) is 11.3. The van der Waals surface area contributed by atoms with Crippen LogP contribution in [-0.2, 0) is 6.18 Å². The van der Waals surface area contributed by atoms with Gasteiger partial charge in [-0.25, -0.2) is 4.98 Å². The quantitative estimate of drug-likeness (QED) is 0.405. The summed E-state index contributed by atoms with van der Waals surface area (Å²) >= 11 is 8.80. The molecular formula is C12H5BrClF3N2O3. The number of ether oxygens (including phenoxy) is 1. The molecule has 0 amide bonds. The molecule has 2 aromatic rings. The SMILES string of the molecule is O=[N+]([O-])c1cc(Oc2nc(Cl)ccc2Br)ccc1C(F)(F)F. The summed E-state index contributed by atoms with van der Waals surface area (Å²) in [7, 11) is 0. The van der Waals surface area contributed by atoms with Crippen molar-refractivity contribution in [3.05, 3.63) is 55.6 Å². The molecule has 0 aliphatic carbocycles. The fourth-order valence-electron chi connectivity index (χ4n) is 1.55. The smallest absolute Gasteiger partial charge is 0.423 e. The van der Waals surface area contributed by atoms with Gasteiger partial charge in [0.25, 0.3) is 5.69 Å². The molecule has 0 saturated carbocycles. The third-order valence-corrected chi connectivity index (χ3v) is 3.28. The summed E-state index contributed by atoms with van der Waals surface area (Å²) in [5.74, 6) is -0.197. The molecule has 10 heteroatoms. The molecular weight excluding hydrogens is 392 g/mol. The Morgan fingerprint density at radius 1 is 1.27 bits per heavy atom. The number of nitrogens with zero attached hydrogens (tertiary/aromatic N) is 2. The van der Waals surface area contributed by atoms with Gasteiger partial charge < -0.3 is 4.74 Å². The minimum Gasteiger partial charge on any atom is -0.438 e. The van der Waals surface area contributed by atoms with Crippen molar-refractivity contribution in [2.45, 2.75) is 6.18 Å². The van der Waals surface area contributed by atoms with Crippen LogP contribution in [0, 0.1) is 10.1 Å².